The molecule has 0 bridgehead atoms. The van der Waals surface area contributed by atoms with E-state index < -0.39 is 10.0 Å². The van der Waals surface area contributed by atoms with Gasteiger partial charge in [-0.3, -0.25) is 9.52 Å². The van der Waals surface area contributed by atoms with Crippen molar-refractivity contribution >= 4 is 21.6 Å². The molecule has 2 rings (SSSR count). The summed E-state index contributed by atoms with van der Waals surface area (Å²) in [6.07, 6.45) is 2.56. The molecule has 1 amide bonds. The van der Waals surface area contributed by atoms with Crippen molar-refractivity contribution in [3.8, 4) is 11.6 Å². The molecule has 0 saturated carbocycles. The molecule has 1 aromatic carbocycles. The minimum absolute atomic E-state index is 0.119. The summed E-state index contributed by atoms with van der Waals surface area (Å²) in [5, 5.41) is 2.69. The van der Waals surface area contributed by atoms with Crippen LogP contribution in [0.2, 0.25) is 0 Å². The molecular formula is C16H19N3O5S. The van der Waals surface area contributed by atoms with E-state index in [0.29, 0.717) is 24.6 Å². The van der Waals surface area contributed by atoms with Crippen LogP contribution in [-0.4, -0.2) is 45.8 Å². The molecule has 0 saturated heterocycles. The first kappa shape index (κ1) is 18.7. The van der Waals surface area contributed by atoms with E-state index in [-0.39, 0.29) is 17.4 Å². The molecule has 2 N–H and O–H groups in total. The lowest BCUT2D eigenvalue weighted by Gasteiger charge is -2.11. The van der Waals surface area contributed by atoms with Crippen molar-refractivity contribution < 1.29 is 22.7 Å². The first-order chi connectivity index (χ1) is 11.9. The van der Waals surface area contributed by atoms with Crippen molar-refractivity contribution in [3.63, 3.8) is 0 Å². The number of nitrogens with zero attached hydrogens (tertiary/aromatic N) is 1. The lowest BCUT2D eigenvalue weighted by Crippen LogP contribution is -2.27. The minimum Gasteiger partial charge on any atom is -0.438 e. The molecule has 8 nitrogen and oxygen atoms in total. The summed E-state index contributed by atoms with van der Waals surface area (Å²) in [4.78, 5) is 16.3. The fraction of sp³-hybridized carbons (Fsp3) is 0.250. The Morgan fingerprint density at radius 2 is 2.04 bits per heavy atom. The monoisotopic (exact) mass is 365 g/mol. The molecule has 0 unspecified atom stereocenters. The van der Waals surface area contributed by atoms with E-state index in [1.165, 1.54) is 12.3 Å². The predicted octanol–water partition coefficient (Wildman–Crippen LogP) is 1.62. The topological polar surface area (TPSA) is 107 Å². The molecule has 1 heterocycles. The number of sulfonamides is 1. The van der Waals surface area contributed by atoms with Gasteiger partial charge in [-0.2, -0.15) is 0 Å². The zero-order valence-corrected chi connectivity index (χ0v) is 14.7. The van der Waals surface area contributed by atoms with Gasteiger partial charge in [-0.25, -0.2) is 13.4 Å². The summed E-state index contributed by atoms with van der Waals surface area (Å²) >= 11 is 0. The van der Waals surface area contributed by atoms with Crippen molar-refractivity contribution in [2.24, 2.45) is 0 Å². The number of amides is 1. The zero-order valence-electron chi connectivity index (χ0n) is 13.9. The van der Waals surface area contributed by atoms with E-state index in [0.717, 1.165) is 6.26 Å². The highest BCUT2D eigenvalue weighted by Gasteiger charge is 2.14. The molecule has 9 heteroatoms. The first-order valence-electron chi connectivity index (χ1n) is 7.37. The Hall–Kier alpha value is -2.65. The van der Waals surface area contributed by atoms with Crippen molar-refractivity contribution in [3.05, 3.63) is 48.2 Å². The Morgan fingerprint density at radius 3 is 2.76 bits per heavy atom. The van der Waals surface area contributed by atoms with Crippen LogP contribution in [0.3, 0.4) is 0 Å². The van der Waals surface area contributed by atoms with Crippen LogP contribution in [0, 0.1) is 0 Å². The number of anilines is 1. The number of rotatable bonds is 8. The smallest absolute Gasteiger partial charge is 0.256 e. The second-order valence-electron chi connectivity index (χ2n) is 5.11. The molecule has 0 fully saturated rings. The van der Waals surface area contributed by atoms with E-state index in [4.69, 9.17) is 9.47 Å². The number of methoxy groups -OCH3 is 1. The van der Waals surface area contributed by atoms with Crippen LogP contribution in [-0.2, 0) is 14.8 Å². The Balaban J connectivity index is 2.18. The second kappa shape index (κ2) is 8.45. The summed E-state index contributed by atoms with van der Waals surface area (Å²) < 4.78 is 35.5. The molecule has 0 spiro atoms. The molecule has 0 aliphatic heterocycles. The molecule has 0 aliphatic rings. The largest absolute Gasteiger partial charge is 0.438 e. The summed E-state index contributed by atoms with van der Waals surface area (Å²) in [5.74, 6) is 0.123. The number of carbonyl (C=O) groups excluding carboxylic acids is 1. The number of nitrogens with one attached hydrogen (secondary N) is 2. The fourth-order valence-corrected chi connectivity index (χ4v) is 2.51. The van der Waals surface area contributed by atoms with Crippen LogP contribution in [0.15, 0.2) is 42.6 Å². The quantitative estimate of drug-likeness (QED) is 0.689. The maximum atomic E-state index is 12.2. The molecule has 0 radical (unpaired) electrons. The third-order valence-corrected chi connectivity index (χ3v) is 3.57. The van der Waals surface area contributed by atoms with Crippen LogP contribution in [0.25, 0.3) is 0 Å². The molecule has 25 heavy (non-hydrogen) atoms. The average Bonchev–Trinajstić information content (AvgIpc) is 2.54. The number of carbonyl (C=O) groups is 1. The van der Waals surface area contributed by atoms with Crippen LogP contribution < -0.4 is 14.8 Å². The third kappa shape index (κ3) is 6.05. The van der Waals surface area contributed by atoms with Gasteiger partial charge in [0.15, 0.2) is 0 Å². The zero-order chi connectivity index (χ0) is 18.3. The summed E-state index contributed by atoms with van der Waals surface area (Å²) in [7, 11) is -1.85. The average molecular weight is 365 g/mol. The van der Waals surface area contributed by atoms with Gasteiger partial charge in [-0.1, -0.05) is 6.07 Å². The second-order valence-corrected chi connectivity index (χ2v) is 6.86. The predicted molar refractivity (Wildman–Crippen MR) is 93.4 cm³/mol. The minimum atomic E-state index is -3.40. The molecular weight excluding hydrogens is 346 g/mol. The number of hydrogen-bond donors (Lipinski definition) is 2. The van der Waals surface area contributed by atoms with Crippen LogP contribution >= 0.6 is 0 Å². The van der Waals surface area contributed by atoms with Gasteiger partial charge in [0, 0.05) is 25.9 Å². The van der Waals surface area contributed by atoms with Crippen molar-refractivity contribution in [2.75, 3.05) is 31.2 Å². The maximum absolute atomic E-state index is 12.2. The lowest BCUT2D eigenvalue weighted by atomic mass is 10.2. The Morgan fingerprint density at radius 1 is 1.24 bits per heavy atom. The number of aromatic nitrogens is 1. The van der Waals surface area contributed by atoms with E-state index in [9.17, 15) is 13.2 Å². The van der Waals surface area contributed by atoms with Crippen LogP contribution in [0.5, 0.6) is 11.6 Å². The third-order valence-electron chi connectivity index (χ3n) is 2.96. The van der Waals surface area contributed by atoms with Gasteiger partial charge in [-0.15, -0.1) is 0 Å². The van der Waals surface area contributed by atoms with Gasteiger partial charge >= 0.3 is 0 Å². The number of benzene rings is 1. The summed E-state index contributed by atoms with van der Waals surface area (Å²) in [6, 6.07) is 9.56. The normalized spacial score (nSPS) is 11.0. The van der Waals surface area contributed by atoms with E-state index in [1.807, 2.05) is 0 Å². The van der Waals surface area contributed by atoms with Crippen molar-refractivity contribution in [1.29, 1.82) is 0 Å². The molecule has 1 aromatic heterocycles. The van der Waals surface area contributed by atoms with E-state index in [2.05, 4.69) is 15.0 Å². The number of hydrogen-bond acceptors (Lipinski definition) is 6. The van der Waals surface area contributed by atoms with Gasteiger partial charge in [-0.05, 0) is 24.3 Å². The standard InChI is InChI=1S/C16H19N3O5S/c1-23-10-9-17-15(20)14-7-4-8-18-16(14)24-13-6-3-5-12(11-13)19-25(2,21)22/h3-8,11,19H,9-10H2,1-2H3,(H,17,20). The highest BCUT2D eigenvalue weighted by Crippen LogP contribution is 2.25. The van der Waals surface area contributed by atoms with Gasteiger partial charge in [0.25, 0.3) is 5.91 Å². The van der Waals surface area contributed by atoms with Gasteiger partial charge in [0.2, 0.25) is 15.9 Å². The van der Waals surface area contributed by atoms with Crippen LogP contribution in [0.1, 0.15) is 10.4 Å². The maximum Gasteiger partial charge on any atom is 0.256 e. The Bertz CT molecular complexity index is 839. The van der Waals surface area contributed by atoms with Crippen molar-refractivity contribution in [1.82, 2.24) is 10.3 Å². The molecule has 134 valence electrons. The molecule has 0 atom stereocenters. The number of pyridine rings is 1. The lowest BCUT2D eigenvalue weighted by molar-refractivity contribution is 0.0934. The van der Waals surface area contributed by atoms with Crippen LogP contribution in [0.4, 0.5) is 5.69 Å². The number of ether oxygens (including phenoxy) is 2. The Kier molecular flexibility index (Phi) is 6.31. The fourth-order valence-electron chi connectivity index (χ4n) is 1.96. The van der Waals surface area contributed by atoms with Gasteiger partial charge in [0.1, 0.15) is 11.3 Å². The van der Waals surface area contributed by atoms with Gasteiger partial charge in [0.05, 0.1) is 18.6 Å². The van der Waals surface area contributed by atoms with E-state index >= 15 is 0 Å². The van der Waals surface area contributed by atoms with Crippen molar-refractivity contribution in [2.45, 2.75) is 0 Å². The Labute approximate surface area is 146 Å². The van der Waals surface area contributed by atoms with Gasteiger partial charge < -0.3 is 14.8 Å². The highest BCUT2D eigenvalue weighted by molar-refractivity contribution is 7.92. The molecule has 2 aromatic rings. The highest BCUT2D eigenvalue weighted by atomic mass is 32.2. The first-order valence-corrected chi connectivity index (χ1v) is 9.26. The summed E-state index contributed by atoms with van der Waals surface area (Å²) in [6.45, 7) is 0.749. The summed E-state index contributed by atoms with van der Waals surface area (Å²) in [5.41, 5.74) is 0.613. The molecule has 0 aliphatic carbocycles. The van der Waals surface area contributed by atoms with E-state index in [1.54, 1.807) is 37.4 Å². The SMILES string of the molecule is COCCNC(=O)c1cccnc1Oc1cccc(NS(C)(=O)=O)c1.